The van der Waals surface area contributed by atoms with Gasteiger partial charge in [0.05, 0.1) is 17.3 Å². The van der Waals surface area contributed by atoms with E-state index in [-0.39, 0.29) is 11.8 Å². The molecule has 1 saturated heterocycles. The lowest BCUT2D eigenvalue weighted by atomic mass is 10.1. The zero-order valence-electron chi connectivity index (χ0n) is 8.20. The summed E-state index contributed by atoms with van der Waals surface area (Å²) in [4.78, 5) is 4.35. The molecule has 1 N–H and O–H groups in total. The zero-order chi connectivity index (χ0) is 10.0. The molecule has 14 heavy (non-hydrogen) atoms. The van der Waals surface area contributed by atoms with Crippen LogP contribution in [0, 0.1) is 0 Å². The first kappa shape index (κ1) is 9.96. The van der Waals surface area contributed by atoms with Crippen LogP contribution in [-0.4, -0.2) is 38.3 Å². The van der Waals surface area contributed by atoms with Gasteiger partial charge in [-0.25, -0.2) is 8.42 Å². The fraction of sp³-hybridized carbons (Fsp3) is 0.889. The van der Waals surface area contributed by atoms with Crippen molar-refractivity contribution in [2.75, 3.05) is 18.1 Å². The summed E-state index contributed by atoms with van der Waals surface area (Å²) < 4.78 is 22.4. The van der Waals surface area contributed by atoms with E-state index in [9.17, 15) is 8.42 Å². The molecule has 2 aliphatic heterocycles. The molecule has 1 atom stereocenters. The van der Waals surface area contributed by atoms with Crippen molar-refractivity contribution in [1.29, 1.82) is 0 Å². The maximum atomic E-state index is 11.2. The molecule has 0 amide bonds. The summed E-state index contributed by atoms with van der Waals surface area (Å²) in [5, 5.41) is 3.24. The van der Waals surface area contributed by atoms with Crippen molar-refractivity contribution in [3.8, 4) is 0 Å². The Morgan fingerprint density at radius 1 is 1.36 bits per heavy atom. The standard InChI is InChI=1S/C9H16N2O2S/c12-14(13)6-4-8(7-14)11-9-3-1-2-5-10-9/h8H,1-7H2,(H,10,11). The monoisotopic (exact) mass is 216 g/mol. The van der Waals surface area contributed by atoms with E-state index < -0.39 is 9.84 Å². The predicted molar refractivity (Wildman–Crippen MR) is 56.3 cm³/mol. The van der Waals surface area contributed by atoms with Crippen molar-refractivity contribution in [2.24, 2.45) is 4.99 Å². The molecule has 0 radical (unpaired) electrons. The van der Waals surface area contributed by atoms with E-state index in [1.54, 1.807) is 0 Å². The largest absolute Gasteiger partial charge is 0.370 e. The van der Waals surface area contributed by atoms with E-state index >= 15 is 0 Å². The summed E-state index contributed by atoms with van der Waals surface area (Å²) in [7, 11) is -2.76. The average Bonchev–Trinajstić information content (AvgIpc) is 2.47. The maximum absolute atomic E-state index is 11.2. The van der Waals surface area contributed by atoms with Gasteiger partial charge in [-0.1, -0.05) is 0 Å². The van der Waals surface area contributed by atoms with Gasteiger partial charge in [0, 0.05) is 19.0 Å². The smallest absolute Gasteiger partial charge is 0.152 e. The van der Waals surface area contributed by atoms with E-state index in [0.29, 0.717) is 5.75 Å². The molecule has 0 spiro atoms. The van der Waals surface area contributed by atoms with Crippen LogP contribution in [0.25, 0.3) is 0 Å². The summed E-state index contributed by atoms with van der Waals surface area (Å²) in [6, 6.07) is 0.108. The van der Waals surface area contributed by atoms with Gasteiger partial charge in [-0.15, -0.1) is 0 Å². The number of amidine groups is 1. The number of aliphatic imine (C=N–C) groups is 1. The highest BCUT2D eigenvalue weighted by molar-refractivity contribution is 7.91. The van der Waals surface area contributed by atoms with E-state index in [4.69, 9.17) is 0 Å². The number of hydrogen-bond acceptors (Lipinski definition) is 4. The van der Waals surface area contributed by atoms with Crippen LogP contribution in [-0.2, 0) is 9.84 Å². The van der Waals surface area contributed by atoms with Gasteiger partial charge in [0.15, 0.2) is 9.84 Å². The maximum Gasteiger partial charge on any atom is 0.152 e. The molecule has 1 unspecified atom stereocenters. The molecular weight excluding hydrogens is 200 g/mol. The van der Waals surface area contributed by atoms with Crippen molar-refractivity contribution >= 4 is 15.7 Å². The van der Waals surface area contributed by atoms with Gasteiger partial charge in [-0.05, 0) is 19.3 Å². The van der Waals surface area contributed by atoms with Crippen LogP contribution in [0.3, 0.4) is 0 Å². The Balaban J connectivity index is 1.90. The Bertz CT molecular complexity index is 335. The zero-order valence-corrected chi connectivity index (χ0v) is 9.02. The van der Waals surface area contributed by atoms with Crippen LogP contribution in [0.15, 0.2) is 4.99 Å². The number of rotatable bonds is 1. The Morgan fingerprint density at radius 3 is 2.79 bits per heavy atom. The molecule has 0 bridgehead atoms. The van der Waals surface area contributed by atoms with Gasteiger partial charge in [-0.2, -0.15) is 0 Å². The minimum atomic E-state index is -2.76. The van der Waals surface area contributed by atoms with Gasteiger partial charge >= 0.3 is 0 Å². The fourth-order valence-corrected chi connectivity index (χ4v) is 3.63. The second-order valence-corrected chi connectivity index (χ2v) is 6.26. The van der Waals surface area contributed by atoms with E-state index in [0.717, 1.165) is 31.6 Å². The van der Waals surface area contributed by atoms with Crippen molar-refractivity contribution in [3.05, 3.63) is 0 Å². The third-order valence-electron chi connectivity index (χ3n) is 2.73. The highest BCUT2D eigenvalue weighted by Crippen LogP contribution is 2.13. The minimum absolute atomic E-state index is 0.108. The second-order valence-electron chi connectivity index (χ2n) is 4.03. The minimum Gasteiger partial charge on any atom is -0.370 e. The van der Waals surface area contributed by atoms with Gasteiger partial charge in [0.25, 0.3) is 0 Å². The highest BCUT2D eigenvalue weighted by atomic mass is 32.2. The summed E-state index contributed by atoms with van der Waals surface area (Å²) >= 11 is 0. The molecule has 1 fully saturated rings. The summed E-state index contributed by atoms with van der Waals surface area (Å²) in [5.41, 5.74) is 0. The van der Waals surface area contributed by atoms with Crippen LogP contribution in [0.5, 0.6) is 0 Å². The predicted octanol–water partition coefficient (Wildman–Crippen LogP) is 0.345. The first-order valence-corrected chi connectivity index (χ1v) is 6.98. The van der Waals surface area contributed by atoms with E-state index in [2.05, 4.69) is 10.3 Å². The molecule has 0 aromatic heterocycles. The normalized spacial score (nSPS) is 31.1. The Morgan fingerprint density at radius 2 is 2.21 bits per heavy atom. The molecule has 2 heterocycles. The Kier molecular flexibility index (Phi) is 2.76. The molecule has 0 aromatic rings. The van der Waals surface area contributed by atoms with Crippen LogP contribution >= 0.6 is 0 Å². The Hall–Kier alpha value is -0.580. The first-order valence-electron chi connectivity index (χ1n) is 5.16. The van der Waals surface area contributed by atoms with Gasteiger partial charge in [-0.3, -0.25) is 4.99 Å². The van der Waals surface area contributed by atoms with Crippen LogP contribution in [0.2, 0.25) is 0 Å². The number of hydrogen-bond donors (Lipinski definition) is 1. The topological polar surface area (TPSA) is 58.5 Å². The quantitative estimate of drug-likeness (QED) is 0.688. The molecule has 2 rings (SSSR count). The number of nitrogens with one attached hydrogen (secondary N) is 1. The summed E-state index contributed by atoms with van der Waals surface area (Å²) in [6.45, 7) is 0.891. The number of sulfone groups is 1. The first-order chi connectivity index (χ1) is 6.66. The average molecular weight is 216 g/mol. The van der Waals surface area contributed by atoms with Gasteiger partial charge in [0.1, 0.15) is 0 Å². The summed E-state index contributed by atoms with van der Waals surface area (Å²) in [6.07, 6.45) is 4.05. The summed E-state index contributed by atoms with van der Waals surface area (Å²) in [5.74, 6) is 1.63. The highest BCUT2D eigenvalue weighted by Gasteiger charge is 2.28. The third kappa shape index (κ3) is 2.47. The molecular formula is C9H16N2O2S. The molecule has 5 heteroatoms. The molecule has 80 valence electrons. The molecule has 4 nitrogen and oxygen atoms in total. The lowest BCUT2D eigenvalue weighted by Crippen LogP contribution is -2.36. The SMILES string of the molecule is O=S1(=O)CCC(NC2=NCCCC2)C1. The van der Waals surface area contributed by atoms with E-state index in [1.807, 2.05) is 0 Å². The van der Waals surface area contributed by atoms with Crippen molar-refractivity contribution in [1.82, 2.24) is 5.32 Å². The molecule has 0 saturated carbocycles. The third-order valence-corrected chi connectivity index (χ3v) is 4.50. The molecule has 2 aliphatic rings. The second kappa shape index (κ2) is 3.88. The van der Waals surface area contributed by atoms with Crippen LogP contribution < -0.4 is 5.32 Å². The molecule has 0 aliphatic carbocycles. The molecule has 0 aromatic carbocycles. The van der Waals surface area contributed by atoms with Crippen LogP contribution in [0.1, 0.15) is 25.7 Å². The van der Waals surface area contributed by atoms with Crippen molar-refractivity contribution < 1.29 is 8.42 Å². The lowest BCUT2D eigenvalue weighted by molar-refractivity contribution is 0.599. The van der Waals surface area contributed by atoms with Gasteiger partial charge < -0.3 is 5.32 Å². The van der Waals surface area contributed by atoms with Gasteiger partial charge in [0.2, 0.25) is 0 Å². The lowest BCUT2D eigenvalue weighted by Gasteiger charge is -2.17. The van der Waals surface area contributed by atoms with Crippen LogP contribution in [0.4, 0.5) is 0 Å². The number of nitrogens with zero attached hydrogens (tertiary/aromatic N) is 1. The fourth-order valence-electron chi connectivity index (χ4n) is 1.96. The van der Waals surface area contributed by atoms with Crippen molar-refractivity contribution in [2.45, 2.75) is 31.7 Å². The van der Waals surface area contributed by atoms with E-state index in [1.165, 1.54) is 6.42 Å². The Labute approximate surface area is 84.7 Å². The van der Waals surface area contributed by atoms with Crippen molar-refractivity contribution in [3.63, 3.8) is 0 Å².